The molecule has 1 N–H and O–H groups in total. The van der Waals surface area contributed by atoms with E-state index in [0.29, 0.717) is 16.6 Å². The molecule has 2 heterocycles. The lowest BCUT2D eigenvalue weighted by molar-refractivity contribution is 0.545. The molecule has 0 radical (unpaired) electrons. The molecule has 0 spiro atoms. The molecule has 2 aromatic heterocycles. The molecule has 4 nitrogen and oxygen atoms in total. The fourth-order valence-corrected chi connectivity index (χ4v) is 1.87. The van der Waals surface area contributed by atoms with Crippen molar-refractivity contribution in [3.8, 4) is 0 Å². The van der Waals surface area contributed by atoms with Gasteiger partial charge in [-0.25, -0.2) is 9.67 Å². The lowest BCUT2D eigenvalue weighted by Gasteiger charge is -2.09. The monoisotopic (exact) mass is 236 g/mol. The van der Waals surface area contributed by atoms with Crippen molar-refractivity contribution in [3.63, 3.8) is 0 Å². The second kappa shape index (κ2) is 3.97. The molecule has 0 aliphatic rings. The standard InChI is InChI=1S/C11H16N4S/c1-6(2)9-13-10-8(11(16)14-9)5-12-15(10)7(3)4/h5-7H,1-4H3,(H,13,14,16). The number of H-pyrrole nitrogens is 1. The number of hydrogen-bond acceptors (Lipinski definition) is 3. The van der Waals surface area contributed by atoms with E-state index in [1.807, 2.05) is 4.68 Å². The van der Waals surface area contributed by atoms with Gasteiger partial charge in [0.1, 0.15) is 16.1 Å². The predicted molar refractivity (Wildman–Crippen MR) is 67.2 cm³/mol. The molecule has 86 valence electrons. The van der Waals surface area contributed by atoms with Gasteiger partial charge in [-0.2, -0.15) is 5.10 Å². The third-order valence-corrected chi connectivity index (χ3v) is 2.84. The lowest BCUT2D eigenvalue weighted by Crippen LogP contribution is -2.06. The van der Waals surface area contributed by atoms with Crippen LogP contribution >= 0.6 is 12.2 Å². The van der Waals surface area contributed by atoms with Crippen LogP contribution in [0.25, 0.3) is 11.0 Å². The Hall–Kier alpha value is -1.23. The number of hydrogen-bond donors (Lipinski definition) is 1. The van der Waals surface area contributed by atoms with Gasteiger partial charge in [0.15, 0.2) is 0 Å². The fourth-order valence-electron chi connectivity index (χ4n) is 1.63. The highest BCUT2D eigenvalue weighted by Gasteiger charge is 2.11. The number of fused-ring (bicyclic) bond motifs is 1. The first-order chi connectivity index (χ1) is 7.50. The Bertz CT molecular complexity index is 565. The number of nitrogens with zero attached hydrogens (tertiary/aromatic N) is 3. The van der Waals surface area contributed by atoms with Crippen molar-refractivity contribution in [3.05, 3.63) is 16.7 Å². The van der Waals surface area contributed by atoms with Crippen molar-refractivity contribution in [2.24, 2.45) is 0 Å². The summed E-state index contributed by atoms with van der Waals surface area (Å²) in [6.07, 6.45) is 1.78. The van der Waals surface area contributed by atoms with E-state index in [-0.39, 0.29) is 0 Å². The largest absolute Gasteiger partial charge is 0.328 e. The van der Waals surface area contributed by atoms with Gasteiger partial charge in [0.25, 0.3) is 0 Å². The number of rotatable bonds is 2. The van der Waals surface area contributed by atoms with Crippen LogP contribution in [-0.2, 0) is 0 Å². The van der Waals surface area contributed by atoms with E-state index in [4.69, 9.17) is 12.2 Å². The molecular weight excluding hydrogens is 220 g/mol. The summed E-state index contributed by atoms with van der Waals surface area (Å²) in [5.74, 6) is 1.25. The predicted octanol–water partition coefficient (Wildman–Crippen LogP) is 3.19. The summed E-state index contributed by atoms with van der Waals surface area (Å²) in [4.78, 5) is 7.70. The summed E-state index contributed by atoms with van der Waals surface area (Å²) in [7, 11) is 0. The molecule has 0 aliphatic carbocycles. The maximum absolute atomic E-state index is 5.28. The minimum atomic E-state index is 0.311. The maximum Gasteiger partial charge on any atom is 0.140 e. The molecule has 0 atom stereocenters. The zero-order chi connectivity index (χ0) is 11.9. The van der Waals surface area contributed by atoms with E-state index < -0.39 is 0 Å². The van der Waals surface area contributed by atoms with E-state index in [9.17, 15) is 0 Å². The summed E-state index contributed by atoms with van der Waals surface area (Å²) < 4.78 is 2.57. The minimum absolute atomic E-state index is 0.311. The van der Waals surface area contributed by atoms with Gasteiger partial charge in [-0.3, -0.25) is 0 Å². The van der Waals surface area contributed by atoms with Crippen molar-refractivity contribution in [1.82, 2.24) is 19.7 Å². The zero-order valence-corrected chi connectivity index (χ0v) is 10.8. The van der Waals surface area contributed by atoms with Gasteiger partial charge in [0.2, 0.25) is 0 Å². The summed E-state index contributed by atoms with van der Waals surface area (Å²) in [6.45, 7) is 8.38. The van der Waals surface area contributed by atoms with Crippen LogP contribution in [-0.4, -0.2) is 19.7 Å². The zero-order valence-electron chi connectivity index (χ0n) is 9.98. The smallest absolute Gasteiger partial charge is 0.140 e. The van der Waals surface area contributed by atoms with Crippen LogP contribution in [0.4, 0.5) is 0 Å². The van der Waals surface area contributed by atoms with E-state index in [1.54, 1.807) is 6.20 Å². The van der Waals surface area contributed by atoms with Crippen LogP contribution in [0, 0.1) is 4.64 Å². The van der Waals surface area contributed by atoms with E-state index >= 15 is 0 Å². The molecule has 2 rings (SSSR count). The molecule has 0 amide bonds. The molecule has 5 heteroatoms. The Kier molecular flexibility index (Phi) is 2.80. The summed E-state index contributed by atoms with van der Waals surface area (Å²) in [6, 6.07) is 0.311. The molecule has 0 aliphatic heterocycles. The van der Waals surface area contributed by atoms with Gasteiger partial charge in [-0.15, -0.1) is 0 Å². The van der Waals surface area contributed by atoms with Gasteiger partial charge in [-0.05, 0) is 13.8 Å². The molecular formula is C11H16N4S. The molecule has 0 fully saturated rings. The highest BCUT2D eigenvalue weighted by atomic mass is 32.1. The first-order valence-corrected chi connectivity index (χ1v) is 5.89. The van der Waals surface area contributed by atoms with Gasteiger partial charge in [-0.1, -0.05) is 26.1 Å². The average molecular weight is 236 g/mol. The second-order valence-electron chi connectivity index (χ2n) is 4.53. The van der Waals surface area contributed by atoms with Gasteiger partial charge >= 0.3 is 0 Å². The molecule has 0 saturated carbocycles. The van der Waals surface area contributed by atoms with Crippen LogP contribution in [0.5, 0.6) is 0 Å². The quantitative estimate of drug-likeness (QED) is 0.814. The Morgan fingerprint density at radius 1 is 1.31 bits per heavy atom. The molecule has 0 unspecified atom stereocenters. The van der Waals surface area contributed by atoms with Gasteiger partial charge < -0.3 is 4.98 Å². The Balaban J connectivity index is 2.76. The van der Waals surface area contributed by atoms with Crippen molar-refractivity contribution in [2.75, 3.05) is 0 Å². The third kappa shape index (κ3) is 1.75. The van der Waals surface area contributed by atoms with Crippen molar-refractivity contribution >= 4 is 23.3 Å². The Morgan fingerprint density at radius 2 is 2.00 bits per heavy atom. The average Bonchev–Trinajstić information content (AvgIpc) is 2.61. The highest BCUT2D eigenvalue weighted by Crippen LogP contribution is 2.18. The highest BCUT2D eigenvalue weighted by molar-refractivity contribution is 7.71. The van der Waals surface area contributed by atoms with Crippen LogP contribution in [0.1, 0.15) is 45.5 Å². The van der Waals surface area contributed by atoms with Gasteiger partial charge in [0.05, 0.1) is 11.6 Å². The minimum Gasteiger partial charge on any atom is -0.328 e. The van der Waals surface area contributed by atoms with Crippen molar-refractivity contribution < 1.29 is 0 Å². The van der Waals surface area contributed by atoms with Crippen LogP contribution in [0.2, 0.25) is 0 Å². The van der Waals surface area contributed by atoms with Crippen LogP contribution in [0.3, 0.4) is 0 Å². The number of aromatic amines is 1. The Labute approximate surface area is 99.7 Å². The normalized spacial score (nSPS) is 11.9. The topological polar surface area (TPSA) is 46.5 Å². The molecule has 0 aromatic carbocycles. The third-order valence-electron chi connectivity index (χ3n) is 2.53. The summed E-state index contributed by atoms with van der Waals surface area (Å²) >= 11 is 5.28. The van der Waals surface area contributed by atoms with Crippen molar-refractivity contribution in [2.45, 2.75) is 39.7 Å². The summed E-state index contributed by atoms with van der Waals surface area (Å²) in [5.41, 5.74) is 0.971. The number of nitrogens with one attached hydrogen (secondary N) is 1. The molecule has 0 bridgehead atoms. The Morgan fingerprint density at radius 3 is 2.56 bits per heavy atom. The first kappa shape index (κ1) is 11.3. The molecule has 2 aromatic rings. The van der Waals surface area contributed by atoms with E-state index in [2.05, 4.69) is 42.8 Å². The van der Waals surface area contributed by atoms with E-state index in [1.165, 1.54) is 0 Å². The summed E-state index contributed by atoms with van der Waals surface area (Å²) in [5, 5.41) is 5.26. The second-order valence-corrected chi connectivity index (χ2v) is 4.91. The fraction of sp³-hybridized carbons (Fsp3) is 0.545. The first-order valence-electron chi connectivity index (χ1n) is 5.48. The van der Waals surface area contributed by atoms with E-state index in [0.717, 1.165) is 16.9 Å². The SMILES string of the molecule is CC(C)c1nc(=S)c2cnn(C(C)C)c2[nH]1. The van der Waals surface area contributed by atoms with Crippen LogP contribution < -0.4 is 0 Å². The van der Waals surface area contributed by atoms with Crippen molar-refractivity contribution in [1.29, 1.82) is 0 Å². The molecule has 16 heavy (non-hydrogen) atoms. The van der Waals surface area contributed by atoms with Gasteiger partial charge in [0, 0.05) is 12.0 Å². The maximum atomic E-state index is 5.28. The van der Waals surface area contributed by atoms with Crippen LogP contribution in [0.15, 0.2) is 6.20 Å². The molecule has 0 saturated heterocycles. The number of aromatic nitrogens is 4. The lowest BCUT2D eigenvalue weighted by atomic mass is 10.2.